The number of rotatable bonds is 6. The molecule has 1 saturated heterocycles. The first-order chi connectivity index (χ1) is 11.9. The molecule has 1 aromatic rings. The molecule has 1 unspecified atom stereocenters. The Labute approximate surface area is 154 Å². The molecule has 1 aliphatic carbocycles. The number of likely N-dealkylation sites (tertiary alicyclic amines) is 1. The fourth-order valence-corrected chi connectivity index (χ4v) is 5.06. The van der Waals surface area contributed by atoms with Gasteiger partial charge in [-0.1, -0.05) is 36.4 Å². The van der Waals surface area contributed by atoms with Crippen LogP contribution in [-0.2, 0) is 12.8 Å². The Morgan fingerprint density at radius 3 is 2.40 bits per heavy atom. The summed E-state index contributed by atoms with van der Waals surface area (Å²) >= 11 is 0. The molecule has 0 saturated carbocycles. The molecule has 1 fully saturated rings. The second-order valence-corrected chi connectivity index (χ2v) is 8.62. The zero-order valence-electron chi connectivity index (χ0n) is 16.3. The highest BCUT2D eigenvalue weighted by molar-refractivity contribution is 5.33. The number of nitrogens with one attached hydrogen (secondary N) is 1. The van der Waals surface area contributed by atoms with E-state index in [-0.39, 0.29) is 5.54 Å². The van der Waals surface area contributed by atoms with Crippen LogP contribution in [-0.4, -0.2) is 29.6 Å². The molecule has 136 valence electrons. The zero-order valence-corrected chi connectivity index (χ0v) is 16.3. The molecule has 3 rings (SSSR count). The lowest BCUT2D eigenvalue weighted by Crippen LogP contribution is -2.55. The molecule has 1 aromatic carbocycles. The third-order valence-electron chi connectivity index (χ3n) is 6.07. The second-order valence-electron chi connectivity index (χ2n) is 8.62. The summed E-state index contributed by atoms with van der Waals surface area (Å²) in [6.45, 7) is 17.3. The van der Waals surface area contributed by atoms with Crippen LogP contribution in [0.2, 0.25) is 0 Å². The predicted molar refractivity (Wildman–Crippen MR) is 108 cm³/mol. The molecule has 0 bridgehead atoms. The summed E-state index contributed by atoms with van der Waals surface area (Å²) in [6, 6.07) is 9.66. The summed E-state index contributed by atoms with van der Waals surface area (Å²) in [7, 11) is 0. The van der Waals surface area contributed by atoms with E-state index in [0.29, 0.717) is 12.0 Å². The Hall–Kier alpha value is -1.54. The van der Waals surface area contributed by atoms with E-state index < -0.39 is 0 Å². The highest BCUT2D eigenvalue weighted by Gasteiger charge is 2.39. The van der Waals surface area contributed by atoms with Gasteiger partial charge in [0.2, 0.25) is 0 Å². The van der Waals surface area contributed by atoms with E-state index in [9.17, 15) is 0 Å². The molecule has 25 heavy (non-hydrogen) atoms. The molecule has 1 N–H and O–H groups in total. The fraction of sp³-hybridized carbons (Fsp3) is 0.565. The van der Waals surface area contributed by atoms with Gasteiger partial charge in [0.1, 0.15) is 0 Å². The third-order valence-corrected chi connectivity index (χ3v) is 6.07. The fourth-order valence-electron chi connectivity index (χ4n) is 5.06. The van der Waals surface area contributed by atoms with Gasteiger partial charge < -0.3 is 5.32 Å². The van der Waals surface area contributed by atoms with Crippen LogP contribution in [0.3, 0.4) is 0 Å². The minimum atomic E-state index is 0.0573. The van der Waals surface area contributed by atoms with Gasteiger partial charge in [-0.2, -0.15) is 0 Å². The van der Waals surface area contributed by atoms with E-state index in [4.69, 9.17) is 0 Å². The van der Waals surface area contributed by atoms with Crippen molar-refractivity contribution in [1.82, 2.24) is 10.2 Å². The van der Waals surface area contributed by atoms with Gasteiger partial charge in [0.25, 0.3) is 0 Å². The van der Waals surface area contributed by atoms with Crippen LogP contribution in [0.15, 0.2) is 48.7 Å². The molecule has 2 aliphatic rings. The third kappa shape index (κ3) is 4.17. The van der Waals surface area contributed by atoms with Crippen LogP contribution in [0.1, 0.15) is 51.2 Å². The Morgan fingerprint density at radius 2 is 1.84 bits per heavy atom. The molecule has 0 aromatic heterocycles. The molecule has 1 aliphatic heterocycles. The predicted octanol–water partition coefficient (Wildman–Crippen LogP) is 4.71. The molecule has 1 heterocycles. The topological polar surface area (TPSA) is 15.3 Å². The van der Waals surface area contributed by atoms with E-state index in [1.54, 1.807) is 11.1 Å². The van der Waals surface area contributed by atoms with Crippen molar-refractivity contribution in [2.45, 2.75) is 64.5 Å². The number of fused-ring (bicyclic) bond motifs is 1. The van der Waals surface area contributed by atoms with E-state index in [2.05, 4.69) is 68.4 Å². The Morgan fingerprint density at radius 1 is 1.20 bits per heavy atom. The van der Waals surface area contributed by atoms with E-state index in [0.717, 1.165) is 12.1 Å². The van der Waals surface area contributed by atoms with Gasteiger partial charge in [-0.25, -0.2) is 0 Å². The van der Waals surface area contributed by atoms with Gasteiger partial charge in [0, 0.05) is 23.8 Å². The van der Waals surface area contributed by atoms with Crippen LogP contribution in [0.4, 0.5) is 0 Å². The standard InChI is InChI=1S/C23H34N2/c1-17(2)15-23(5,24-18(3)4)21-11-8-12-25(16-21)22-13-19-9-6-7-10-20(19)14-22/h6-7,9-10,21-22,24H,1,3,8,11-16H2,2,4-5H3/t21?,23-/m0/s1. The minimum Gasteiger partial charge on any atom is -0.383 e. The number of hydrogen-bond acceptors (Lipinski definition) is 2. The molecule has 2 atom stereocenters. The van der Waals surface area contributed by atoms with Gasteiger partial charge in [0.05, 0.1) is 0 Å². The minimum absolute atomic E-state index is 0.0573. The number of benzene rings is 1. The average molecular weight is 339 g/mol. The van der Waals surface area contributed by atoms with Gasteiger partial charge in [0.15, 0.2) is 0 Å². The molecular weight excluding hydrogens is 304 g/mol. The molecule has 0 spiro atoms. The Balaban J connectivity index is 1.71. The maximum atomic E-state index is 4.18. The summed E-state index contributed by atoms with van der Waals surface area (Å²) in [4.78, 5) is 2.75. The van der Waals surface area contributed by atoms with Crippen molar-refractivity contribution < 1.29 is 0 Å². The first-order valence-corrected chi connectivity index (χ1v) is 9.76. The number of hydrogen-bond donors (Lipinski definition) is 1. The molecular formula is C23H34N2. The monoisotopic (exact) mass is 338 g/mol. The first-order valence-electron chi connectivity index (χ1n) is 9.76. The average Bonchev–Trinajstić information content (AvgIpc) is 2.97. The van der Waals surface area contributed by atoms with Crippen molar-refractivity contribution in [2.75, 3.05) is 13.1 Å². The van der Waals surface area contributed by atoms with Crippen molar-refractivity contribution in [3.63, 3.8) is 0 Å². The number of piperidine rings is 1. The maximum absolute atomic E-state index is 4.18. The van der Waals surface area contributed by atoms with Crippen LogP contribution in [0.5, 0.6) is 0 Å². The summed E-state index contributed by atoms with van der Waals surface area (Å²) < 4.78 is 0. The lowest BCUT2D eigenvalue weighted by molar-refractivity contribution is 0.0788. The number of allylic oxidation sites excluding steroid dienone is 1. The summed E-state index contributed by atoms with van der Waals surface area (Å²) in [5.41, 5.74) is 5.48. The van der Waals surface area contributed by atoms with Crippen molar-refractivity contribution in [3.8, 4) is 0 Å². The molecule has 0 amide bonds. The van der Waals surface area contributed by atoms with Crippen LogP contribution >= 0.6 is 0 Å². The van der Waals surface area contributed by atoms with E-state index >= 15 is 0 Å². The van der Waals surface area contributed by atoms with Crippen LogP contribution in [0.25, 0.3) is 0 Å². The summed E-state index contributed by atoms with van der Waals surface area (Å²) in [5.74, 6) is 0.637. The van der Waals surface area contributed by atoms with Gasteiger partial charge in [-0.15, -0.1) is 6.58 Å². The van der Waals surface area contributed by atoms with E-state index in [1.807, 2.05) is 0 Å². The van der Waals surface area contributed by atoms with Crippen molar-refractivity contribution in [2.24, 2.45) is 5.92 Å². The zero-order chi connectivity index (χ0) is 18.0. The van der Waals surface area contributed by atoms with Crippen molar-refractivity contribution in [3.05, 3.63) is 59.8 Å². The highest BCUT2D eigenvalue weighted by atomic mass is 15.2. The summed E-state index contributed by atoms with van der Waals surface area (Å²) in [5, 5.41) is 3.70. The lowest BCUT2D eigenvalue weighted by atomic mass is 9.76. The quantitative estimate of drug-likeness (QED) is 0.755. The largest absolute Gasteiger partial charge is 0.383 e. The second kappa shape index (κ2) is 7.37. The SMILES string of the molecule is C=C(C)C[C@](C)(NC(=C)C)C1CCCN(C2Cc3ccccc3C2)C1. The normalized spacial score (nSPS) is 23.7. The maximum Gasteiger partial charge on any atom is 0.0419 e. The molecule has 2 heteroatoms. The van der Waals surface area contributed by atoms with Crippen molar-refractivity contribution >= 4 is 0 Å². The van der Waals surface area contributed by atoms with E-state index in [1.165, 1.54) is 44.3 Å². The first kappa shape index (κ1) is 18.3. The summed E-state index contributed by atoms with van der Waals surface area (Å²) in [6.07, 6.45) is 6.03. The number of nitrogens with zero attached hydrogens (tertiary/aromatic N) is 1. The Bertz CT molecular complexity index is 604. The van der Waals surface area contributed by atoms with Crippen LogP contribution in [0, 0.1) is 5.92 Å². The van der Waals surface area contributed by atoms with Gasteiger partial charge in [-0.3, -0.25) is 4.90 Å². The van der Waals surface area contributed by atoms with Crippen LogP contribution < -0.4 is 5.32 Å². The lowest BCUT2D eigenvalue weighted by Gasteiger charge is -2.46. The van der Waals surface area contributed by atoms with Crippen molar-refractivity contribution in [1.29, 1.82) is 0 Å². The smallest absolute Gasteiger partial charge is 0.0419 e. The van der Waals surface area contributed by atoms with Gasteiger partial charge >= 0.3 is 0 Å². The highest BCUT2D eigenvalue weighted by Crippen LogP contribution is 2.35. The Kier molecular flexibility index (Phi) is 5.38. The van der Waals surface area contributed by atoms with Gasteiger partial charge in [-0.05, 0) is 76.5 Å². The molecule has 2 nitrogen and oxygen atoms in total. The molecule has 0 radical (unpaired) electrons.